The van der Waals surface area contributed by atoms with E-state index < -0.39 is 12.1 Å². The van der Waals surface area contributed by atoms with Gasteiger partial charge in [0.15, 0.2) is 11.6 Å². The lowest BCUT2D eigenvalue weighted by Crippen LogP contribution is -2.43. The number of rotatable bonds is 6. The minimum absolute atomic E-state index is 0.292. The van der Waals surface area contributed by atoms with Crippen LogP contribution in [-0.2, 0) is 11.3 Å². The minimum Gasteiger partial charge on any atom is -0.402 e. The SMILES string of the molecule is Nc1ncc(-c2cc(C3[C@H]4CC(N5CCOCC5)C[C@@H]34)n(CC3CC3)n2)cc1OC(F)(F)F. The fourth-order valence-electron chi connectivity index (χ4n) is 5.83. The number of morpholine rings is 1. The van der Waals surface area contributed by atoms with Crippen LogP contribution in [0, 0.1) is 17.8 Å². The number of anilines is 1. The maximum absolute atomic E-state index is 12.8. The van der Waals surface area contributed by atoms with Gasteiger partial charge in [0.25, 0.3) is 0 Å². The molecule has 0 amide bonds. The molecule has 3 heterocycles. The molecule has 2 aromatic rings. The average Bonchev–Trinajstić information content (AvgIpc) is 3.62. The lowest BCUT2D eigenvalue weighted by Gasteiger charge is -2.33. The van der Waals surface area contributed by atoms with Crippen LogP contribution in [0.1, 0.15) is 37.3 Å². The number of fused-ring (bicyclic) bond motifs is 1. The molecule has 4 atom stereocenters. The Bertz CT molecular complexity index is 1020. The molecule has 4 fully saturated rings. The van der Waals surface area contributed by atoms with Gasteiger partial charge in [0, 0.05) is 49.0 Å². The molecule has 0 aromatic carbocycles. The number of nitrogens with two attached hydrogens (primary N) is 1. The Kier molecular flexibility index (Phi) is 5.06. The van der Waals surface area contributed by atoms with Crippen molar-refractivity contribution in [1.82, 2.24) is 19.7 Å². The molecule has 1 aliphatic heterocycles. The summed E-state index contributed by atoms with van der Waals surface area (Å²) in [6.07, 6.45) is 1.46. The molecule has 3 aliphatic carbocycles. The second-order valence-corrected chi connectivity index (χ2v) is 9.86. The zero-order valence-corrected chi connectivity index (χ0v) is 18.3. The van der Waals surface area contributed by atoms with E-state index in [0.717, 1.165) is 32.8 Å². The maximum atomic E-state index is 12.8. The number of nitrogens with zero attached hydrogens (tertiary/aromatic N) is 4. The maximum Gasteiger partial charge on any atom is 0.573 e. The van der Waals surface area contributed by atoms with Crippen LogP contribution in [0.25, 0.3) is 11.3 Å². The Hall–Kier alpha value is -2.33. The summed E-state index contributed by atoms with van der Waals surface area (Å²) in [6.45, 7) is 4.55. The molecule has 6 rings (SSSR count). The van der Waals surface area contributed by atoms with Crippen LogP contribution in [0.2, 0.25) is 0 Å². The van der Waals surface area contributed by atoms with E-state index in [9.17, 15) is 13.2 Å². The Morgan fingerprint density at radius 3 is 2.52 bits per heavy atom. The highest BCUT2D eigenvalue weighted by Gasteiger charge is 2.58. The molecule has 0 radical (unpaired) electrons. The van der Waals surface area contributed by atoms with E-state index in [2.05, 4.69) is 19.3 Å². The molecule has 178 valence electrons. The van der Waals surface area contributed by atoms with Crippen LogP contribution in [0.5, 0.6) is 5.75 Å². The number of hydrogen-bond donors (Lipinski definition) is 1. The third-order valence-electron chi connectivity index (χ3n) is 7.67. The van der Waals surface area contributed by atoms with Crippen molar-refractivity contribution in [2.75, 3.05) is 32.0 Å². The highest BCUT2D eigenvalue weighted by Crippen LogP contribution is 2.64. The molecular weight excluding hydrogens is 435 g/mol. The predicted octanol–water partition coefficient (Wildman–Crippen LogP) is 3.66. The van der Waals surface area contributed by atoms with Gasteiger partial charge in [-0.25, -0.2) is 4.98 Å². The summed E-state index contributed by atoms with van der Waals surface area (Å²) in [5, 5.41) is 4.80. The number of hydrogen-bond acceptors (Lipinski definition) is 6. The van der Waals surface area contributed by atoms with E-state index in [1.807, 2.05) is 6.07 Å². The molecule has 0 bridgehead atoms. The molecule has 3 saturated carbocycles. The first kappa shape index (κ1) is 21.2. The van der Waals surface area contributed by atoms with Crippen molar-refractivity contribution < 1.29 is 22.6 Å². The molecule has 2 aromatic heterocycles. The number of alkyl halides is 3. The summed E-state index contributed by atoms with van der Waals surface area (Å²) < 4.78 is 49.9. The normalized spacial score (nSPS) is 29.8. The fourth-order valence-corrected chi connectivity index (χ4v) is 5.83. The van der Waals surface area contributed by atoms with Crippen LogP contribution < -0.4 is 10.5 Å². The van der Waals surface area contributed by atoms with Gasteiger partial charge in [0.1, 0.15) is 0 Å². The van der Waals surface area contributed by atoms with Gasteiger partial charge >= 0.3 is 6.36 Å². The van der Waals surface area contributed by atoms with E-state index in [1.165, 1.54) is 43.6 Å². The fraction of sp³-hybridized carbons (Fsp3) is 0.652. The number of pyridine rings is 1. The molecule has 0 spiro atoms. The zero-order valence-electron chi connectivity index (χ0n) is 18.3. The van der Waals surface area contributed by atoms with Crippen molar-refractivity contribution in [3.05, 3.63) is 24.0 Å². The number of ether oxygens (including phenoxy) is 2. The van der Waals surface area contributed by atoms with E-state index in [0.29, 0.717) is 41.0 Å². The van der Waals surface area contributed by atoms with E-state index in [4.69, 9.17) is 15.6 Å². The average molecular weight is 464 g/mol. The molecule has 2 N–H and O–H groups in total. The number of nitrogen functional groups attached to an aromatic ring is 1. The van der Waals surface area contributed by atoms with Crippen molar-refractivity contribution in [3.63, 3.8) is 0 Å². The van der Waals surface area contributed by atoms with Crippen LogP contribution in [0.15, 0.2) is 18.3 Å². The van der Waals surface area contributed by atoms with Crippen molar-refractivity contribution in [2.45, 2.75) is 50.6 Å². The highest BCUT2D eigenvalue weighted by atomic mass is 19.4. The van der Waals surface area contributed by atoms with Gasteiger partial charge in [-0.05, 0) is 55.6 Å². The first-order chi connectivity index (χ1) is 15.9. The van der Waals surface area contributed by atoms with Gasteiger partial charge in [-0.3, -0.25) is 9.58 Å². The van der Waals surface area contributed by atoms with Gasteiger partial charge in [-0.15, -0.1) is 13.2 Å². The lowest BCUT2D eigenvalue weighted by atomic mass is 10.0. The van der Waals surface area contributed by atoms with E-state index in [-0.39, 0.29) is 5.82 Å². The predicted molar refractivity (Wildman–Crippen MR) is 114 cm³/mol. The van der Waals surface area contributed by atoms with Crippen LogP contribution in [-0.4, -0.2) is 58.4 Å². The van der Waals surface area contributed by atoms with Crippen LogP contribution in [0.4, 0.5) is 19.0 Å². The first-order valence-electron chi connectivity index (χ1n) is 11.8. The van der Waals surface area contributed by atoms with Gasteiger partial charge in [0.05, 0.1) is 18.9 Å². The molecule has 4 aliphatic rings. The molecule has 1 saturated heterocycles. The summed E-state index contributed by atoms with van der Waals surface area (Å²) in [7, 11) is 0. The van der Waals surface area contributed by atoms with Gasteiger partial charge in [-0.2, -0.15) is 5.10 Å². The quantitative estimate of drug-likeness (QED) is 0.705. The molecular formula is C23H28F3N5O2. The molecule has 33 heavy (non-hydrogen) atoms. The summed E-state index contributed by atoms with van der Waals surface area (Å²) in [4.78, 5) is 6.49. The van der Waals surface area contributed by atoms with Crippen LogP contribution in [0.3, 0.4) is 0 Å². The summed E-state index contributed by atoms with van der Waals surface area (Å²) >= 11 is 0. The van der Waals surface area contributed by atoms with E-state index >= 15 is 0 Å². The third-order valence-corrected chi connectivity index (χ3v) is 7.67. The lowest BCUT2D eigenvalue weighted by molar-refractivity contribution is -0.274. The molecule has 2 unspecified atom stereocenters. The summed E-state index contributed by atoms with van der Waals surface area (Å²) in [5.41, 5.74) is 7.92. The van der Waals surface area contributed by atoms with Crippen molar-refractivity contribution in [2.24, 2.45) is 17.8 Å². The highest BCUT2D eigenvalue weighted by molar-refractivity contribution is 5.64. The molecule has 7 nitrogen and oxygen atoms in total. The van der Waals surface area contributed by atoms with Gasteiger partial charge in [0.2, 0.25) is 0 Å². The van der Waals surface area contributed by atoms with E-state index in [1.54, 1.807) is 0 Å². The smallest absolute Gasteiger partial charge is 0.402 e. The Balaban J connectivity index is 1.23. The second-order valence-electron chi connectivity index (χ2n) is 9.86. The van der Waals surface area contributed by atoms with Crippen molar-refractivity contribution in [3.8, 4) is 17.0 Å². The summed E-state index contributed by atoms with van der Waals surface area (Å²) in [5.74, 6) is 1.66. The third kappa shape index (κ3) is 4.30. The Labute approximate surface area is 190 Å². The first-order valence-corrected chi connectivity index (χ1v) is 11.8. The van der Waals surface area contributed by atoms with Crippen LogP contribution >= 0.6 is 0 Å². The van der Waals surface area contributed by atoms with Gasteiger partial charge in [-0.1, -0.05) is 0 Å². The Morgan fingerprint density at radius 1 is 1.12 bits per heavy atom. The zero-order chi connectivity index (χ0) is 22.7. The standard InChI is InChI=1S/C23H28F3N5O2/c24-23(25,26)33-20-7-14(11-28-22(20)27)18-10-19(31(29-18)12-13-1-2-13)21-16-8-15(9-17(16)21)30-3-5-32-6-4-30/h7,10-11,13,15-17,21H,1-6,8-9,12H2,(H2,27,28)/t15?,16-,17+,21?. The Morgan fingerprint density at radius 2 is 1.85 bits per heavy atom. The van der Waals surface area contributed by atoms with Crippen molar-refractivity contribution >= 4 is 5.82 Å². The summed E-state index contributed by atoms with van der Waals surface area (Å²) in [6, 6.07) is 3.97. The molecule has 10 heteroatoms. The topological polar surface area (TPSA) is 78.4 Å². The van der Waals surface area contributed by atoms with Gasteiger partial charge < -0.3 is 15.2 Å². The monoisotopic (exact) mass is 463 g/mol. The number of halogens is 3. The number of aromatic nitrogens is 3. The largest absolute Gasteiger partial charge is 0.573 e. The van der Waals surface area contributed by atoms with Crippen molar-refractivity contribution in [1.29, 1.82) is 0 Å². The second kappa shape index (κ2) is 7.87. The minimum atomic E-state index is -4.83.